The molecule has 16 heavy (non-hydrogen) atoms. The molecule has 2 rings (SSSR count). The number of thiazole rings is 1. The molecule has 0 saturated carbocycles. The van der Waals surface area contributed by atoms with E-state index in [0.29, 0.717) is 4.88 Å². The number of rotatable bonds is 2. The number of carbonyl (C=O) groups excluding carboxylic acids is 1. The smallest absolute Gasteiger partial charge is 0.272 e. The van der Waals surface area contributed by atoms with Gasteiger partial charge in [0.2, 0.25) is 0 Å². The van der Waals surface area contributed by atoms with Gasteiger partial charge < -0.3 is 5.32 Å². The van der Waals surface area contributed by atoms with Crippen LogP contribution in [0.4, 0.5) is 8.78 Å². The quantitative estimate of drug-likeness (QED) is 0.865. The van der Waals surface area contributed by atoms with Gasteiger partial charge in [0, 0.05) is 5.70 Å². The van der Waals surface area contributed by atoms with Crippen LogP contribution in [0.2, 0.25) is 0 Å². The Hall–Kier alpha value is -1.56. The lowest BCUT2D eigenvalue weighted by atomic mass is 10.1. The molecule has 1 N–H and O–H groups in total. The Kier molecular flexibility index (Phi) is 2.82. The van der Waals surface area contributed by atoms with Gasteiger partial charge in [-0.05, 0) is 12.2 Å². The molecule has 84 valence electrons. The summed E-state index contributed by atoms with van der Waals surface area (Å²) in [7, 11) is 0. The largest absolute Gasteiger partial charge is 0.325 e. The highest BCUT2D eigenvalue weighted by atomic mass is 32.1. The van der Waals surface area contributed by atoms with Crippen molar-refractivity contribution in [2.45, 2.75) is 12.3 Å². The molecular formula is C10H8F2N2OS. The van der Waals surface area contributed by atoms with Crippen LogP contribution < -0.4 is 5.32 Å². The summed E-state index contributed by atoms with van der Waals surface area (Å²) in [5.41, 5.74) is 1.73. The topological polar surface area (TPSA) is 42.0 Å². The first kappa shape index (κ1) is 10.9. The van der Waals surface area contributed by atoms with Crippen molar-refractivity contribution in [1.29, 1.82) is 0 Å². The second-order valence-electron chi connectivity index (χ2n) is 3.31. The summed E-state index contributed by atoms with van der Waals surface area (Å²) in [5, 5.41) is 2.44. The molecule has 0 fully saturated rings. The van der Waals surface area contributed by atoms with E-state index < -0.39 is 18.3 Å². The molecule has 0 radical (unpaired) electrons. The minimum absolute atomic E-state index is 0.214. The van der Waals surface area contributed by atoms with E-state index in [0.717, 1.165) is 17.4 Å². The molecule has 0 aromatic carbocycles. The molecule has 0 unspecified atom stereocenters. The lowest BCUT2D eigenvalue weighted by Crippen LogP contribution is -2.27. The van der Waals surface area contributed by atoms with Crippen molar-refractivity contribution in [2.75, 3.05) is 0 Å². The van der Waals surface area contributed by atoms with Gasteiger partial charge in [-0.25, -0.2) is 8.78 Å². The predicted molar refractivity (Wildman–Crippen MR) is 56.4 cm³/mol. The summed E-state index contributed by atoms with van der Waals surface area (Å²) >= 11 is 1.16. The third kappa shape index (κ3) is 2.52. The number of hydrogen-bond donors (Lipinski definition) is 1. The maximum absolute atomic E-state index is 13.0. The fraction of sp³-hybridized carbons (Fsp3) is 0.200. The minimum Gasteiger partial charge on any atom is -0.325 e. The summed E-state index contributed by atoms with van der Waals surface area (Å²) in [4.78, 5) is 15.7. The number of nitrogens with zero attached hydrogens (tertiary/aromatic N) is 1. The van der Waals surface area contributed by atoms with E-state index in [1.807, 2.05) is 0 Å². The first-order valence-electron chi connectivity index (χ1n) is 4.53. The van der Waals surface area contributed by atoms with E-state index in [9.17, 15) is 13.6 Å². The van der Waals surface area contributed by atoms with Crippen molar-refractivity contribution in [3.63, 3.8) is 0 Å². The van der Waals surface area contributed by atoms with Crippen LogP contribution in [0.1, 0.15) is 16.1 Å². The van der Waals surface area contributed by atoms with E-state index in [1.54, 1.807) is 0 Å². The SMILES string of the molecule is O=C(NC1=CC=CC(F)(F)C1)c1cncs1. The highest BCUT2D eigenvalue weighted by Gasteiger charge is 2.29. The van der Waals surface area contributed by atoms with Gasteiger partial charge in [0.25, 0.3) is 11.8 Å². The second-order valence-corrected chi connectivity index (χ2v) is 4.19. The lowest BCUT2D eigenvalue weighted by molar-refractivity contribution is 0.0522. The molecule has 1 heterocycles. The van der Waals surface area contributed by atoms with Crippen LogP contribution in [-0.2, 0) is 0 Å². The normalized spacial score (nSPS) is 18.0. The number of hydrogen-bond acceptors (Lipinski definition) is 3. The Labute approximate surface area is 94.5 Å². The van der Waals surface area contributed by atoms with Gasteiger partial charge in [0.05, 0.1) is 18.1 Å². The third-order valence-corrected chi connectivity index (χ3v) is 2.77. The molecule has 1 aliphatic carbocycles. The molecule has 0 atom stereocenters. The molecule has 6 heteroatoms. The number of amides is 1. The summed E-state index contributed by atoms with van der Waals surface area (Å²) in [5.74, 6) is -3.29. The molecule has 0 bridgehead atoms. The van der Waals surface area contributed by atoms with Gasteiger partial charge in [-0.3, -0.25) is 9.78 Å². The minimum atomic E-state index is -2.88. The van der Waals surface area contributed by atoms with Crippen LogP contribution in [0.3, 0.4) is 0 Å². The maximum Gasteiger partial charge on any atom is 0.272 e. The molecule has 1 amide bonds. The van der Waals surface area contributed by atoms with Crippen LogP contribution in [-0.4, -0.2) is 16.8 Å². The zero-order valence-corrected chi connectivity index (χ0v) is 8.93. The van der Waals surface area contributed by atoms with E-state index in [4.69, 9.17) is 0 Å². The van der Waals surface area contributed by atoms with Gasteiger partial charge >= 0.3 is 0 Å². The summed E-state index contributed by atoms with van der Waals surface area (Å²) in [6.07, 6.45) is 4.45. The van der Waals surface area contributed by atoms with Crippen LogP contribution in [0.25, 0.3) is 0 Å². The number of carbonyl (C=O) groups is 1. The molecule has 1 aromatic rings. The third-order valence-electron chi connectivity index (χ3n) is 1.99. The number of nitrogens with one attached hydrogen (secondary N) is 1. The number of allylic oxidation sites excluding steroid dienone is 4. The van der Waals surface area contributed by atoms with Gasteiger partial charge in [-0.2, -0.15) is 0 Å². The van der Waals surface area contributed by atoms with Crippen molar-refractivity contribution in [3.8, 4) is 0 Å². The van der Waals surface area contributed by atoms with Gasteiger partial charge in [0.1, 0.15) is 4.88 Å². The molecule has 1 aliphatic rings. The fourth-order valence-corrected chi connectivity index (χ4v) is 1.81. The van der Waals surface area contributed by atoms with Crippen LogP contribution in [0, 0.1) is 0 Å². The Morgan fingerprint density at radius 2 is 2.38 bits per heavy atom. The first-order chi connectivity index (χ1) is 7.57. The summed E-state index contributed by atoms with van der Waals surface area (Å²) in [6.45, 7) is 0. The van der Waals surface area contributed by atoms with Gasteiger partial charge in [-0.15, -0.1) is 11.3 Å². The van der Waals surface area contributed by atoms with Crippen molar-refractivity contribution in [3.05, 3.63) is 40.5 Å². The van der Waals surface area contributed by atoms with E-state index in [1.165, 1.54) is 23.9 Å². The number of alkyl halides is 2. The molecular weight excluding hydrogens is 234 g/mol. The zero-order valence-electron chi connectivity index (χ0n) is 8.11. The molecule has 3 nitrogen and oxygen atoms in total. The molecule has 1 aromatic heterocycles. The summed E-state index contributed by atoms with van der Waals surface area (Å²) < 4.78 is 25.9. The van der Waals surface area contributed by atoms with Crippen molar-refractivity contribution >= 4 is 17.2 Å². The zero-order chi connectivity index (χ0) is 11.6. The Morgan fingerprint density at radius 3 is 3.00 bits per heavy atom. The van der Waals surface area contributed by atoms with Gasteiger partial charge in [-0.1, -0.05) is 6.08 Å². The van der Waals surface area contributed by atoms with Crippen LogP contribution >= 0.6 is 11.3 Å². The van der Waals surface area contributed by atoms with Crippen LogP contribution in [0.5, 0.6) is 0 Å². The second kappa shape index (κ2) is 4.13. The van der Waals surface area contributed by atoms with Crippen molar-refractivity contribution in [1.82, 2.24) is 10.3 Å². The first-order valence-corrected chi connectivity index (χ1v) is 5.41. The Balaban J connectivity index is 2.04. The highest BCUT2D eigenvalue weighted by Crippen LogP contribution is 2.27. The Bertz CT molecular complexity index is 451. The van der Waals surface area contributed by atoms with Crippen LogP contribution in [0.15, 0.2) is 35.6 Å². The standard InChI is InChI=1S/C10H8F2N2OS/c11-10(12)3-1-2-7(4-10)14-9(15)8-5-13-6-16-8/h1-3,5-6H,4H2,(H,14,15). The van der Waals surface area contributed by atoms with E-state index in [-0.39, 0.29) is 5.70 Å². The number of aromatic nitrogens is 1. The van der Waals surface area contributed by atoms with Crippen molar-refractivity contribution in [2.24, 2.45) is 0 Å². The van der Waals surface area contributed by atoms with E-state index in [2.05, 4.69) is 10.3 Å². The lowest BCUT2D eigenvalue weighted by Gasteiger charge is -2.17. The molecule has 0 aliphatic heterocycles. The predicted octanol–water partition coefficient (Wildman–Crippen LogP) is 2.35. The molecule has 0 spiro atoms. The number of halogens is 2. The molecule has 0 saturated heterocycles. The maximum atomic E-state index is 13.0. The monoisotopic (exact) mass is 242 g/mol. The average Bonchev–Trinajstić information content (AvgIpc) is 2.68. The van der Waals surface area contributed by atoms with Crippen molar-refractivity contribution < 1.29 is 13.6 Å². The summed E-state index contributed by atoms with van der Waals surface area (Å²) in [6, 6.07) is 0. The Morgan fingerprint density at radius 1 is 1.56 bits per heavy atom. The van der Waals surface area contributed by atoms with E-state index >= 15 is 0 Å². The average molecular weight is 242 g/mol. The highest BCUT2D eigenvalue weighted by molar-refractivity contribution is 7.11. The van der Waals surface area contributed by atoms with Gasteiger partial charge in [0.15, 0.2) is 0 Å². The fourth-order valence-electron chi connectivity index (χ4n) is 1.30.